The number of esters is 1. The highest BCUT2D eigenvalue weighted by Crippen LogP contribution is 2.18. The van der Waals surface area contributed by atoms with Crippen LogP contribution in [-0.2, 0) is 14.3 Å². The Kier molecular flexibility index (Phi) is 6.19. The third-order valence-corrected chi connectivity index (χ3v) is 2.72. The van der Waals surface area contributed by atoms with Gasteiger partial charge in [0.1, 0.15) is 24.1 Å². The molecule has 0 N–H and O–H groups in total. The Morgan fingerprint density at radius 2 is 2.26 bits per heavy atom. The van der Waals surface area contributed by atoms with Crippen molar-refractivity contribution in [3.05, 3.63) is 39.6 Å². The Labute approximate surface area is 118 Å². The Hall–Kier alpha value is -1.71. The van der Waals surface area contributed by atoms with Crippen LogP contribution in [0.15, 0.2) is 28.2 Å². The molecule has 0 atom stereocenters. The first-order chi connectivity index (χ1) is 9.08. The lowest BCUT2D eigenvalue weighted by Gasteiger charge is -2.03. The fourth-order valence-electron chi connectivity index (χ4n) is 1.20. The van der Waals surface area contributed by atoms with Crippen molar-refractivity contribution in [3.63, 3.8) is 0 Å². The number of benzene rings is 1. The monoisotopic (exact) mass is 327 g/mol. The van der Waals surface area contributed by atoms with Crippen LogP contribution in [0, 0.1) is 17.1 Å². The lowest BCUT2D eigenvalue weighted by Crippen LogP contribution is -2.11. The fourth-order valence-corrected chi connectivity index (χ4v) is 1.60. The molecule has 0 amide bonds. The van der Waals surface area contributed by atoms with Gasteiger partial charge in [0, 0.05) is 7.11 Å². The first-order valence-corrected chi connectivity index (χ1v) is 6.10. The van der Waals surface area contributed by atoms with E-state index in [1.807, 2.05) is 0 Å². The smallest absolute Gasteiger partial charge is 0.348 e. The molecule has 1 aromatic rings. The minimum absolute atomic E-state index is 0.0709. The molecule has 0 aliphatic heterocycles. The number of ether oxygens (including phenoxy) is 2. The van der Waals surface area contributed by atoms with E-state index in [1.165, 1.54) is 31.4 Å². The van der Waals surface area contributed by atoms with E-state index in [0.29, 0.717) is 5.56 Å². The van der Waals surface area contributed by atoms with Crippen LogP contribution in [0.3, 0.4) is 0 Å². The molecule has 4 nitrogen and oxygen atoms in total. The summed E-state index contributed by atoms with van der Waals surface area (Å²) < 4.78 is 22.8. The van der Waals surface area contributed by atoms with E-state index in [-0.39, 0.29) is 23.3 Å². The van der Waals surface area contributed by atoms with Gasteiger partial charge in [-0.05, 0) is 39.7 Å². The molecule has 1 rings (SSSR count). The van der Waals surface area contributed by atoms with Crippen molar-refractivity contribution in [1.29, 1.82) is 5.26 Å². The van der Waals surface area contributed by atoms with Crippen molar-refractivity contribution >= 4 is 28.0 Å². The SMILES string of the molecule is COCCOC(=O)/C(C#N)=C/c1ccc(F)c(Br)c1. The molecule has 0 heterocycles. The average Bonchev–Trinajstić information content (AvgIpc) is 2.40. The maximum absolute atomic E-state index is 13.0. The van der Waals surface area contributed by atoms with Gasteiger partial charge in [-0.1, -0.05) is 6.07 Å². The highest BCUT2D eigenvalue weighted by atomic mass is 79.9. The van der Waals surface area contributed by atoms with Gasteiger partial charge in [0.25, 0.3) is 0 Å². The molecule has 0 unspecified atom stereocenters. The van der Waals surface area contributed by atoms with Crippen LogP contribution >= 0.6 is 15.9 Å². The summed E-state index contributed by atoms with van der Waals surface area (Å²) in [6.45, 7) is 0.327. The van der Waals surface area contributed by atoms with E-state index in [1.54, 1.807) is 6.07 Å². The van der Waals surface area contributed by atoms with Gasteiger partial charge in [0.15, 0.2) is 0 Å². The molecule has 6 heteroatoms. The molecular weight excluding hydrogens is 317 g/mol. The van der Waals surface area contributed by atoms with E-state index in [0.717, 1.165) is 0 Å². The molecule has 0 aliphatic carbocycles. The number of halogens is 2. The Morgan fingerprint density at radius 3 is 2.84 bits per heavy atom. The van der Waals surface area contributed by atoms with Crippen LogP contribution in [-0.4, -0.2) is 26.3 Å². The molecule has 0 saturated carbocycles. The lowest BCUT2D eigenvalue weighted by molar-refractivity contribution is -0.139. The highest BCUT2D eigenvalue weighted by Gasteiger charge is 2.11. The molecule has 0 aromatic heterocycles. The van der Waals surface area contributed by atoms with Gasteiger partial charge in [-0.25, -0.2) is 9.18 Å². The van der Waals surface area contributed by atoms with E-state index in [2.05, 4.69) is 15.9 Å². The van der Waals surface area contributed by atoms with Crippen LogP contribution in [0.5, 0.6) is 0 Å². The first kappa shape index (κ1) is 15.3. The topological polar surface area (TPSA) is 59.3 Å². The summed E-state index contributed by atoms with van der Waals surface area (Å²) in [5, 5.41) is 8.90. The zero-order valence-electron chi connectivity index (χ0n) is 10.2. The van der Waals surface area contributed by atoms with Crippen molar-refractivity contribution in [2.24, 2.45) is 0 Å². The zero-order chi connectivity index (χ0) is 14.3. The van der Waals surface area contributed by atoms with Crippen LogP contribution in [0.4, 0.5) is 4.39 Å². The molecule has 0 spiro atoms. The van der Waals surface area contributed by atoms with Gasteiger partial charge in [0.05, 0.1) is 11.1 Å². The Balaban J connectivity index is 2.84. The maximum Gasteiger partial charge on any atom is 0.348 e. The van der Waals surface area contributed by atoms with Crippen LogP contribution in [0.2, 0.25) is 0 Å². The zero-order valence-corrected chi connectivity index (χ0v) is 11.7. The predicted octanol–water partition coefficient (Wildman–Crippen LogP) is 2.68. The number of carbonyl (C=O) groups is 1. The maximum atomic E-state index is 13.0. The summed E-state index contributed by atoms with van der Waals surface area (Å²) in [4.78, 5) is 11.6. The van der Waals surface area contributed by atoms with E-state index < -0.39 is 11.8 Å². The van der Waals surface area contributed by atoms with Crippen molar-refractivity contribution in [3.8, 4) is 6.07 Å². The number of nitriles is 1. The lowest BCUT2D eigenvalue weighted by atomic mass is 10.1. The molecule has 0 aliphatic rings. The average molecular weight is 328 g/mol. The van der Waals surface area contributed by atoms with Crippen LogP contribution < -0.4 is 0 Å². The second kappa shape index (κ2) is 7.67. The summed E-state index contributed by atoms with van der Waals surface area (Å²) in [7, 11) is 1.48. The van der Waals surface area contributed by atoms with Crippen molar-refractivity contribution in [2.75, 3.05) is 20.3 Å². The van der Waals surface area contributed by atoms with E-state index in [4.69, 9.17) is 14.7 Å². The molecule has 100 valence electrons. The summed E-state index contributed by atoms with van der Waals surface area (Å²) >= 11 is 3.03. The Morgan fingerprint density at radius 1 is 1.53 bits per heavy atom. The number of rotatable bonds is 5. The number of hydrogen-bond donors (Lipinski definition) is 0. The van der Waals surface area contributed by atoms with Gasteiger partial charge in [-0.2, -0.15) is 5.26 Å². The summed E-state index contributed by atoms with van der Waals surface area (Å²) in [6.07, 6.45) is 1.33. The summed E-state index contributed by atoms with van der Waals surface area (Å²) in [5.74, 6) is -1.15. The number of hydrogen-bond acceptors (Lipinski definition) is 4. The fraction of sp³-hybridized carbons (Fsp3) is 0.231. The molecule has 1 aromatic carbocycles. The number of nitrogens with zero attached hydrogens (tertiary/aromatic N) is 1. The van der Waals surface area contributed by atoms with Gasteiger partial charge in [-0.15, -0.1) is 0 Å². The first-order valence-electron chi connectivity index (χ1n) is 5.31. The molecule has 0 fully saturated rings. The van der Waals surface area contributed by atoms with E-state index in [9.17, 15) is 9.18 Å². The minimum atomic E-state index is -0.736. The number of methoxy groups -OCH3 is 1. The normalized spacial score (nSPS) is 10.9. The van der Waals surface area contributed by atoms with Gasteiger partial charge in [0.2, 0.25) is 0 Å². The van der Waals surface area contributed by atoms with Crippen molar-refractivity contribution < 1.29 is 18.7 Å². The largest absolute Gasteiger partial charge is 0.459 e. The van der Waals surface area contributed by atoms with Crippen LogP contribution in [0.25, 0.3) is 6.08 Å². The quantitative estimate of drug-likeness (QED) is 0.361. The second-order valence-electron chi connectivity index (χ2n) is 3.47. The third-order valence-electron chi connectivity index (χ3n) is 2.12. The molecule has 19 heavy (non-hydrogen) atoms. The standard InChI is InChI=1S/C13H11BrFNO3/c1-18-4-5-19-13(17)10(8-16)6-9-2-3-12(15)11(14)7-9/h2-3,6-7H,4-5H2,1H3/b10-6+. The summed E-state index contributed by atoms with van der Waals surface area (Å²) in [5.41, 5.74) is 0.364. The highest BCUT2D eigenvalue weighted by molar-refractivity contribution is 9.10. The van der Waals surface area contributed by atoms with Crippen LogP contribution in [0.1, 0.15) is 5.56 Å². The Bertz CT molecular complexity index is 537. The van der Waals surface area contributed by atoms with Gasteiger partial charge >= 0.3 is 5.97 Å². The second-order valence-corrected chi connectivity index (χ2v) is 4.33. The molecule has 0 radical (unpaired) electrons. The number of carbonyl (C=O) groups excluding carboxylic acids is 1. The molecule has 0 saturated heterocycles. The summed E-state index contributed by atoms with van der Waals surface area (Å²) in [6, 6.07) is 5.91. The third kappa shape index (κ3) is 4.81. The van der Waals surface area contributed by atoms with Gasteiger partial charge < -0.3 is 9.47 Å². The van der Waals surface area contributed by atoms with Crippen molar-refractivity contribution in [2.45, 2.75) is 0 Å². The molecule has 0 bridgehead atoms. The van der Waals surface area contributed by atoms with E-state index >= 15 is 0 Å². The van der Waals surface area contributed by atoms with Crippen molar-refractivity contribution in [1.82, 2.24) is 0 Å². The minimum Gasteiger partial charge on any atom is -0.459 e. The predicted molar refractivity (Wildman–Crippen MR) is 70.5 cm³/mol. The molecular formula is C13H11BrFNO3. The van der Waals surface area contributed by atoms with Gasteiger partial charge in [-0.3, -0.25) is 0 Å².